The molecule has 0 atom stereocenters. The third-order valence-electron chi connectivity index (χ3n) is 5.47. The molecule has 33 heavy (non-hydrogen) atoms. The van der Waals surface area contributed by atoms with E-state index in [1.807, 2.05) is 67.6 Å². The second-order valence-electron chi connectivity index (χ2n) is 7.63. The summed E-state index contributed by atoms with van der Waals surface area (Å²) in [6.45, 7) is 2.00. The molecular formula is C26H17N5O2. The second-order valence-corrected chi connectivity index (χ2v) is 7.63. The summed E-state index contributed by atoms with van der Waals surface area (Å²) in [7, 11) is 0. The number of hydrogen-bond acceptors (Lipinski definition) is 5. The van der Waals surface area contributed by atoms with Crippen LogP contribution in [0.3, 0.4) is 0 Å². The second kappa shape index (κ2) is 8.02. The van der Waals surface area contributed by atoms with E-state index in [-0.39, 0.29) is 5.69 Å². The fourth-order valence-electron chi connectivity index (χ4n) is 3.75. The van der Waals surface area contributed by atoms with Gasteiger partial charge in [-0.05, 0) is 25.1 Å². The predicted molar refractivity (Wildman–Crippen MR) is 125 cm³/mol. The topological polar surface area (TPSA) is 97.1 Å². The molecule has 5 aromatic rings. The number of rotatable bonds is 4. The summed E-state index contributed by atoms with van der Waals surface area (Å²) in [5.74, 6) is 0. The zero-order valence-electron chi connectivity index (χ0n) is 17.6. The van der Waals surface area contributed by atoms with Crippen molar-refractivity contribution >= 4 is 11.3 Å². The Morgan fingerprint density at radius 1 is 0.909 bits per heavy atom. The lowest BCUT2D eigenvalue weighted by Gasteiger charge is -2.09. The monoisotopic (exact) mass is 431 g/mol. The normalized spacial score (nSPS) is 10.8. The van der Waals surface area contributed by atoms with E-state index in [0.29, 0.717) is 28.3 Å². The molecule has 0 bridgehead atoms. The average molecular weight is 431 g/mol. The van der Waals surface area contributed by atoms with Crippen molar-refractivity contribution < 1.29 is 4.92 Å². The summed E-state index contributed by atoms with van der Waals surface area (Å²) in [6, 6.07) is 27.9. The van der Waals surface area contributed by atoms with Crippen molar-refractivity contribution in [2.45, 2.75) is 6.92 Å². The molecule has 0 radical (unpaired) electrons. The Balaban J connectivity index is 1.81. The van der Waals surface area contributed by atoms with Crippen LogP contribution in [0.1, 0.15) is 11.1 Å². The van der Waals surface area contributed by atoms with Gasteiger partial charge in [0.05, 0.1) is 16.3 Å². The lowest BCUT2D eigenvalue weighted by Crippen LogP contribution is -1.99. The van der Waals surface area contributed by atoms with E-state index in [1.165, 1.54) is 12.1 Å². The highest BCUT2D eigenvalue weighted by molar-refractivity contribution is 5.80. The van der Waals surface area contributed by atoms with Crippen LogP contribution in [0.25, 0.3) is 39.4 Å². The molecule has 0 unspecified atom stereocenters. The molecule has 5 rings (SSSR count). The number of aromatic nitrogens is 3. The van der Waals surface area contributed by atoms with Gasteiger partial charge in [0.1, 0.15) is 17.3 Å². The van der Waals surface area contributed by atoms with Gasteiger partial charge in [0, 0.05) is 28.8 Å². The molecule has 2 heterocycles. The van der Waals surface area contributed by atoms with Gasteiger partial charge in [-0.1, -0.05) is 60.2 Å². The molecule has 0 aliphatic carbocycles. The highest BCUT2D eigenvalue weighted by atomic mass is 16.6. The minimum Gasteiger partial charge on any atom is -0.258 e. The first-order valence-electron chi connectivity index (χ1n) is 10.3. The van der Waals surface area contributed by atoms with Gasteiger partial charge in [-0.3, -0.25) is 10.1 Å². The quantitative estimate of drug-likeness (QED) is 0.264. The first-order valence-corrected chi connectivity index (χ1v) is 10.3. The van der Waals surface area contributed by atoms with Crippen molar-refractivity contribution in [1.29, 1.82) is 5.26 Å². The number of nitrogens with zero attached hydrogens (tertiary/aromatic N) is 5. The van der Waals surface area contributed by atoms with Crippen LogP contribution in [0.4, 0.5) is 5.69 Å². The third kappa shape index (κ3) is 3.60. The van der Waals surface area contributed by atoms with E-state index in [2.05, 4.69) is 6.07 Å². The molecule has 2 aromatic heterocycles. The smallest absolute Gasteiger partial charge is 0.258 e. The molecule has 7 nitrogen and oxygen atoms in total. The molecule has 158 valence electrons. The number of nitriles is 1. The summed E-state index contributed by atoms with van der Waals surface area (Å²) < 4.78 is 1.64. The third-order valence-corrected chi connectivity index (χ3v) is 5.47. The first-order chi connectivity index (χ1) is 16.0. The zero-order valence-corrected chi connectivity index (χ0v) is 17.6. The van der Waals surface area contributed by atoms with Gasteiger partial charge < -0.3 is 0 Å². The fourth-order valence-corrected chi connectivity index (χ4v) is 3.75. The summed E-state index contributed by atoms with van der Waals surface area (Å²) in [6.07, 6.45) is 0. The SMILES string of the molecule is Cc1ccc(-c2nn3c(-c4ccc([N+](=O)[O-])cc4)cc(-c4ccccc4)nc3c2C#N)cc1. The summed E-state index contributed by atoms with van der Waals surface area (Å²) in [5.41, 5.74) is 6.27. The van der Waals surface area contributed by atoms with E-state index in [4.69, 9.17) is 10.1 Å². The molecule has 7 heteroatoms. The Morgan fingerprint density at radius 2 is 1.58 bits per heavy atom. The summed E-state index contributed by atoms with van der Waals surface area (Å²) in [4.78, 5) is 15.5. The lowest BCUT2D eigenvalue weighted by molar-refractivity contribution is -0.384. The Morgan fingerprint density at radius 3 is 2.21 bits per heavy atom. The molecule has 0 aliphatic rings. The molecular weight excluding hydrogens is 414 g/mol. The average Bonchev–Trinajstić information content (AvgIpc) is 3.23. The van der Waals surface area contributed by atoms with Gasteiger partial charge >= 0.3 is 0 Å². The highest BCUT2D eigenvalue weighted by Gasteiger charge is 2.20. The maximum atomic E-state index is 11.1. The first kappa shape index (κ1) is 20.1. The molecule has 0 spiro atoms. The van der Waals surface area contributed by atoms with Crippen LogP contribution < -0.4 is 0 Å². The van der Waals surface area contributed by atoms with Crippen LogP contribution in [-0.2, 0) is 0 Å². The molecule has 0 fully saturated rings. The number of fused-ring (bicyclic) bond motifs is 1. The number of benzene rings is 3. The number of non-ortho nitro benzene ring substituents is 1. The van der Waals surface area contributed by atoms with Crippen LogP contribution in [0.5, 0.6) is 0 Å². The van der Waals surface area contributed by atoms with Crippen molar-refractivity contribution in [2.75, 3.05) is 0 Å². The Bertz CT molecular complexity index is 1530. The van der Waals surface area contributed by atoms with Crippen LogP contribution >= 0.6 is 0 Å². The van der Waals surface area contributed by atoms with E-state index in [1.54, 1.807) is 16.6 Å². The Kier molecular flexibility index (Phi) is 4.88. The number of nitro groups is 1. The van der Waals surface area contributed by atoms with Gasteiger partial charge in [0.2, 0.25) is 0 Å². The lowest BCUT2D eigenvalue weighted by atomic mass is 10.1. The van der Waals surface area contributed by atoms with E-state index < -0.39 is 4.92 Å². The van der Waals surface area contributed by atoms with Crippen molar-refractivity contribution in [2.24, 2.45) is 0 Å². The number of hydrogen-bond donors (Lipinski definition) is 0. The Labute approximate surface area is 189 Å². The Hall–Kier alpha value is -4.83. The van der Waals surface area contributed by atoms with Crippen LogP contribution in [0.2, 0.25) is 0 Å². The van der Waals surface area contributed by atoms with Crippen molar-refractivity contribution in [3.63, 3.8) is 0 Å². The molecule has 0 saturated carbocycles. The maximum Gasteiger partial charge on any atom is 0.269 e. The van der Waals surface area contributed by atoms with Gasteiger partial charge in [-0.15, -0.1) is 0 Å². The van der Waals surface area contributed by atoms with Crippen LogP contribution in [0, 0.1) is 28.4 Å². The van der Waals surface area contributed by atoms with Gasteiger partial charge in [-0.25, -0.2) is 9.50 Å². The number of nitro benzene ring substituents is 1. The van der Waals surface area contributed by atoms with Crippen LogP contribution in [0.15, 0.2) is 84.9 Å². The van der Waals surface area contributed by atoms with E-state index in [0.717, 1.165) is 22.3 Å². The number of aryl methyl sites for hydroxylation is 1. The standard InChI is InChI=1S/C26H17N5O2/c1-17-7-9-20(10-8-17)25-22(16-27)26-28-23(18-5-3-2-4-6-18)15-24(30(26)29-25)19-11-13-21(14-12-19)31(32)33/h2-15H,1H3. The molecule has 0 N–H and O–H groups in total. The molecule has 0 amide bonds. The van der Waals surface area contributed by atoms with E-state index >= 15 is 0 Å². The predicted octanol–water partition coefficient (Wildman–Crippen LogP) is 5.82. The minimum absolute atomic E-state index is 0.00542. The van der Waals surface area contributed by atoms with Crippen LogP contribution in [-0.4, -0.2) is 19.5 Å². The van der Waals surface area contributed by atoms with Gasteiger partial charge in [0.15, 0.2) is 5.65 Å². The largest absolute Gasteiger partial charge is 0.269 e. The van der Waals surface area contributed by atoms with E-state index in [9.17, 15) is 15.4 Å². The molecule has 3 aromatic carbocycles. The maximum absolute atomic E-state index is 11.1. The highest BCUT2D eigenvalue weighted by Crippen LogP contribution is 2.32. The van der Waals surface area contributed by atoms with Crippen molar-refractivity contribution in [1.82, 2.24) is 14.6 Å². The zero-order chi connectivity index (χ0) is 22.9. The van der Waals surface area contributed by atoms with Gasteiger partial charge in [-0.2, -0.15) is 10.4 Å². The molecule has 0 aliphatic heterocycles. The van der Waals surface area contributed by atoms with Crippen molar-refractivity contribution in [3.05, 3.63) is 106 Å². The minimum atomic E-state index is -0.432. The summed E-state index contributed by atoms with van der Waals surface area (Å²) in [5, 5.41) is 25.9. The molecule has 0 saturated heterocycles. The van der Waals surface area contributed by atoms with Gasteiger partial charge in [0.25, 0.3) is 5.69 Å². The van der Waals surface area contributed by atoms with Crippen molar-refractivity contribution in [3.8, 4) is 39.8 Å². The fraction of sp³-hybridized carbons (Fsp3) is 0.0385. The summed E-state index contributed by atoms with van der Waals surface area (Å²) >= 11 is 0.